The number of benzene rings is 2. The highest BCUT2D eigenvalue weighted by Gasteiger charge is 2.35. The van der Waals surface area contributed by atoms with E-state index >= 15 is 4.39 Å². The second-order valence-electron chi connectivity index (χ2n) is 8.73. The summed E-state index contributed by atoms with van der Waals surface area (Å²) in [5.41, 5.74) is 1.40. The molecule has 0 aliphatic carbocycles. The number of hydrogen-bond acceptors (Lipinski definition) is 6. The van der Waals surface area contributed by atoms with Gasteiger partial charge >= 0.3 is 0 Å². The van der Waals surface area contributed by atoms with Crippen molar-refractivity contribution in [3.05, 3.63) is 65.7 Å². The number of hydrogen-bond donors (Lipinski definition) is 0. The fourth-order valence-corrected chi connectivity index (χ4v) is 4.25. The Morgan fingerprint density at radius 3 is 2.41 bits per heavy atom. The van der Waals surface area contributed by atoms with E-state index in [2.05, 4.69) is 52.2 Å². The van der Waals surface area contributed by atoms with E-state index in [1.54, 1.807) is 13.2 Å². The monoisotopic (exact) mass is 438 g/mol. The summed E-state index contributed by atoms with van der Waals surface area (Å²) < 4.78 is 22.4. The fourth-order valence-electron chi connectivity index (χ4n) is 4.25. The third-order valence-electron chi connectivity index (χ3n) is 6.48. The summed E-state index contributed by atoms with van der Waals surface area (Å²) >= 11 is 0. The predicted octanol–water partition coefficient (Wildman–Crippen LogP) is 3.88. The topological polar surface area (TPSA) is 59.3 Å². The van der Waals surface area contributed by atoms with E-state index in [0.717, 1.165) is 44.0 Å². The first kappa shape index (κ1) is 22.2. The molecule has 8 heteroatoms. The average molecular weight is 439 g/mol. The van der Waals surface area contributed by atoms with E-state index in [4.69, 9.17) is 4.74 Å². The molecule has 3 aromatic rings. The van der Waals surface area contributed by atoms with Crippen LogP contribution >= 0.6 is 0 Å². The number of methoxy groups -OCH3 is 1. The summed E-state index contributed by atoms with van der Waals surface area (Å²) in [4.78, 5) is 4.59. The number of anilines is 1. The van der Waals surface area contributed by atoms with Crippen molar-refractivity contribution < 1.29 is 9.13 Å². The van der Waals surface area contributed by atoms with Crippen LogP contribution in [0.4, 0.5) is 10.1 Å². The number of rotatable bonds is 7. The molecule has 0 bridgehead atoms. The van der Waals surface area contributed by atoms with Crippen molar-refractivity contribution in [1.29, 1.82) is 0 Å². The van der Waals surface area contributed by atoms with Crippen LogP contribution in [-0.4, -0.2) is 58.4 Å². The molecule has 1 fully saturated rings. The van der Waals surface area contributed by atoms with E-state index < -0.39 is 0 Å². The molecule has 32 heavy (non-hydrogen) atoms. The number of para-hydroxylation sites is 2. The number of aromatic nitrogens is 4. The molecular weight excluding hydrogens is 407 g/mol. The van der Waals surface area contributed by atoms with Crippen LogP contribution in [0.5, 0.6) is 5.75 Å². The van der Waals surface area contributed by atoms with Crippen LogP contribution in [0.25, 0.3) is 0 Å². The van der Waals surface area contributed by atoms with E-state index in [9.17, 15) is 0 Å². The molecule has 0 amide bonds. The van der Waals surface area contributed by atoms with E-state index in [-0.39, 0.29) is 17.4 Å². The molecule has 0 N–H and O–H groups in total. The Balaban J connectivity index is 1.66. The molecule has 1 aromatic heterocycles. The second-order valence-corrected chi connectivity index (χ2v) is 8.73. The highest BCUT2D eigenvalue weighted by molar-refractivity contribution is 5.58. The molecule has 4 rings (SSSR count). The molecule has 2 heterocycles. The van der Waals surface area contributed by atoms with Gasteiger partial charge in [-0.15, -0.1) is 5.10 Å². The molecule has 0 radical (unpaired) electrons. The Kier molecular flexibility index (Phi) is 6.41. The highest BCUT2D eigenvalue weighted by atomic mass is 19.1. The SMILES string of the molecule is CCC(C)(C)n1nnnc1[C@@H](c1ccccc1F)N1CCN(c2ccccc2OC)CC1. The van der Waals surface area contributed by atoms with Crippen LogP contribution in [0, 0.1) is 5.82 Å². The van der Waals surface area contributed by atoms with Crippen LogP contribution in [0.1, 0.15) is 44.6 Å². The lowest BCUT2D eigenvalue weighted by molar-refractivity contribution is 0.184. The van der Waals surface area contributed by atoms with Gasteiger partial charge in [0.2, 0.25) is 0 Å². The van der Waals surface area contributed by atoms with Crippen molar-refractivity contribution in [3.8, 4) is 5.75 Å². The van der Waals surface area contributed by atoms with Crippen molar-refractivity contribution in [1.82, 2.24) is 25.1 Å². The van der Waals surface area contributed by atoms with Gasteiger partial charge in [0.15, 0.2) is 5.82 Å². The van der Waals surface area contributed by atoms with Gasteiger partial charge < -0.3 is 9.64 Å². The smallest absolute Gasteiger partial charge is 0.173 e. The van der Waals surface area contributed by atoms with Crippen molar-refractivity contribution in [2.24, 2.45) is 0 Å². The lowest BCUT2D eigenvalue weighted by Gasteiger charge is -2.40. The van der Waals surface area contributed by atoms with Gasteiger partial charge in [-0.05, 0) is 48.9 Å². The van der Waals surface area contributed by atoms with Gasteiger partial charge in [-0.3, -0.25) is 4.90 Å². The van der Waals surface area contributed by atoms with Crippen LogP contribution < -0.4 is 9.64 Å². The molecule has 0 spiro atoms. The van der Waals surface area contributed by atoms with Crippen molar-refractivity contribution >= 4 is 5.69 Å². The molecule has 1 aliphatic heterocycles. The summed E-state index contributed by atoms with van der Waals surface area (Å²) in [6, 6.07) is 14.6. The molecule has 0 unspecified atom stereocenters. The Bertz CT molecular complexity index is 1040. The lowest BCUT2D eigenvalue weighted by atomic mass is 9.98. The van der Waals surface area contributed by atoms with Crippen molar-refractivity contribution in [2.75, 3.05) is 38.2 Å². The van der Waals surface area contributed by atoms with Crippen LogP contribution in [0.3, 0.4) is 0 Å². The lowest BCUT2D eigenvalue weighted by Crippen LogP contribution is -2.49. The first-order valence-corrected chi connectivity index (χ1v) is 11.1. The quantitative estimate of drug-likeness (QED) is 0.558. The van der Waals surface area contributed by atoms with Gasteiger partial charge in [-0.2, -0.15) is 0 Å². The fraction of sp³-hybridized carbons (Fsp3) is 0.458. The Labute approximate surface area is 188 Å². The number of piperazine rings is 1. The molecular formula is C24H31FN6O. The Morgan fingerprint density at radius 1 is 1.03 bits per heavy atom. The van der Waals surface area contributed by atoms with Crippen molar-refractivity contribution in [3.63, 3.8) is 0 Å². The summed E-state index contributed by atoms with van der Waals surface area (Å²) in [7, 11) is 1.69. The summed E-state index contributed by atoms with van der Waals surface area (Å²) in [6.07, 6.45) is 0.858. The van der Waals surface area contributed by atoms with Gasteiger partial charge in [0, 0.05) is 31.7 Å². The van der Waals surface area contributed by atoms with Gasteiger partial charge in [-0.25, -0.2) is 9.07 Å². The average Bonchev–Trinajstić information content (AvgIpc) is 3.31. The zero-order chi connectivity index (χ0) is 22.7. The third kappa shape index (κ3) is 4.19. The number of ether oxygens (including phenoxy) is 1. The highest BCUT2D eigenvalue weighted by Crippen LogP contribution is 2.34. The summed E-state index contributed by atoms with van der Waals surface area (Å²) in [5.74, 6) is 1.29. The molecule has 0 saturated carbocycles. The third-order valence-corrected chi connectivity index (χ3v) is 6.48. The largest absolute Gasteiger partial charge is 0.495 e. The van der Waals surface area contributed by atoms with Crippen molar-refractivity contribution in [2.45, 2.75) is 38.8 Å². The minimum Gasteiger partial charge on any atom is -0.495 e. The Hall–Kier alpha value is -3.00. The molecule has 1 aliphatic rings. The molecule has 7 nitrogen and oxygen atoms in total. The maximum Gasteiger partial charge on any atom is 0.173 e. The zero-order valence-corrected chi connectivity index (χ0v) is 19.2. The van der Waals surface area contributed by atoms with Crippen LogP contribution in [0.2, 0.25) is 0 Å². The normalized spacial score (nSPS) is 16.2. The first-order chi connectivity index (χ1) is 15.5. The minimum atomic E-state index is -0.364. The maximum atomic E-state index is 15.0. The van der Waals surface area contributed by atoms with E-state index in [1.807, 2.05) is 35.0 Å². The Morgan fingerprint density at radius 2 is 1.72 bits per heavy atom. The first-order valence-electron chi connectivity index (χ1n) is 11.1. The van der Waals surface area contributed by atoms with Gasteiger partial charge in [0.1, 0.15) is 17.6 Å². The molecule has 1 atom stereocenters. The minimum absolute atomic E-state index is 0.242. The van der Waals surface area contributed by atoms with Crippen LogP contribution in [0.15, 0.2) is 48.5 Å². The zero-order valence-electron chi connectivity index (χ0n) is 19.2. The summed E-state index contributed by atoms with van der Waals surface area (Å²) in [5, 5.41) is 12.7. The standard InChI is InChI=1S/C24H31FN6O/c1-5-24(2,3)31-23(26-27-28-31)22(18-10-6-7-11-19(18)25)30-16-14-29(15-17-30)20-12-8-9-13-21(20)32-4/h6-13,22H,5,14-17H2,1-4H3/t22-/m1/s1. The number of nitrogens with zero attached hydrogens (tertiary/aromatic N) is 6. The van der Waals surface area contributed by atoms with Gasteiger partial charge in [0.25, 0.3) is 0 Å². The van der Waals surface area contributed by atoms with E-state index in [0.29, 0.717) is 11.4 Å². The number of tetrazole rings is 1. The molecule has 2 aromatic carbocycles. The molecule has 170 valence electrons. The van der Waals surface area contributed by atoms with Gasteiger partial charge in [0.05, 0.1) is 18.3 Å². The van der Waals surface area contributed by atoms with Crippen LogP contribution in [-0.2, 0) is 5.54 Å². The maximum absolute atomic E-state index is 15.0. The van der Waals surface area contributed by atoms with E-state index in [1.165, 1.54) is 6.07 Å². The predicted molar refractivity (Wildman–Crippen MR) is 122 cm³/mol. The number of halogens is 1. The molecule has 1 saturated heterocycles. The summed E-state index contributed by atoms with van der Waals surface area (Å²) in [6.45, 7) is 9.40. The van der Waals surface area contributed by atoms with Gasteiger partial charge in [-0.1, -0.05) is 37.3 Å². The second kappa shape index (κ2) is 9.24.